The molecular formula is C39H42ClN9O5. The van der Waals surface area contributed by atoms with Crippen LogP contribution in [0.1, 0.15) is 47.5 Å². The van der Waals surface area contributed by atoms with Gasteiger partial charge in [0.2, 0.25) is 23.7 Å². The highest BCUT2D eigenvalue weighted by atomic mass is 35.5. The summed E-state index contributed by atoms with van der Waals surface area (Å²) in [6, 6.07) is 20.5. The molecule has 3 heterocycles. The standard InChI is InChI=1S/C39H42ClN9O5/c1-41-36(51)28-5-3-4-6-30(28)44-35-29(40)22-42-39(47-35)45-31-12-11-27(21-33(31)54-2)48-15-17-49(18-16-48)38(53)25-19-24(20-25)23-7-9-26(10-8-23)43-32-13-14-34(50)46-37(32)52/h3-12,21-22,24-25,32,43H,13-20H2,1-2H3,(H,41,51)(H,46,50,52)(H2,42,44,45,47). The van der Waals surface area contributed by atoms with Gasteiger partial charge < -0.3 is 35.8 Å². The number of imide groups is 1. The molecule has 0 radical (unpaired) electrons. The van der Waals surface area contributed by atoms with Crippen molar-refractivity contribution in [2.45, 2.75) is 37.6 Å². The Morgan fingerprint density at radius 2 is 1.70 bits per heavy atom. The van der Waals surface area contributed by atoms with Crippen molar-refractivity contribution in [2.75, 3.05) is 61.2 Å². The number of carbonyl (C=O) groups excluding carboxylic acids is 4. The number of ether oxygens (including phenoxy) is 1. The number of benzene rings is 3. The van der Waals surface area contributed by atoms with Crippen molar-refractivity contribution >= 4 is 69.7 Å². The number of carbonyl (C=O) groups is 4. The molecule has 3 fully saturated rings. The number of piperidine rings is 1. The molecule has 3 aromatic carbocycles. The van der Waals surface area contributed by atoms with Crippen LogP contribution in [0.4, 0.5) is 34.5 Å². The molecule has 3 aliphatic rings. The van der Waals surface area contributed by atoms with Gasteiger partial charge in [0.1, 0.15) is 16.8 Å². The molecule has 2 aliphatic heterocycles. The zero-order valence-corrected chi connectivity index (χ0v) is 30.8. The molecule has 1 atom stereocenters. The van der Waals surface area contributed by atoms with Gasteiger partial charge >= 0.3 is 0 Å². The van der Waals surface area contributed by atoms with Crippen LogP contribution < -0.4 is 36.2 Å². The maximum absolute atomic E-state index is 13.4. The van der Waals surface area contributed by atoms with Gasteiger partial charge in [-0.25, -0.2) is 4.98 Å². The first-order valence-corrected chi connectivity index (χ1v) is 18.4. The van der Waals surface area contributed by atoms with Crippen molar-refractivity contribution in [3.63, 3.8) is 0 Å². The van der Waals surface area contributed by atoms with E-state index >= 15 is 0 Å². The number of halogens is 1. The van der Waals surface area contributed by atoms with E-state index < -0.39 is 6.04 Å². The number of rotatable bonds is 11. The van der Waals surface area contributed by atoms with E-state index in [2.05, 4.69) is 53.6 Å². The monoisotopic (exact) mass is 751 g/mol. The number of piperazine rings is 1. The maximum Gasteiger partial charge on any atom is 0.253 e. The molecule has 0 bridgehead atoms. The number of hydrogen-bond donors (Lipinski definition) is 5. The third-order valence-corrected chi connectivity index (χ3v) is 10.5. The van der Waals surface area contributed by atoms with Gasteiger partial charge in [-0.1, -0.05) is 35.9 Å². The highest BCUT2D eigenvalue weighted by Gasteiger charge is 2.38. The number of para-hydroxylation sites is 1. The van der Waals surface area contributed by atoms with E-state index in [1.807, 2.05) is 41.3 Å². The number of anilines is 6. The third-order valence-electron chi connectivity index (χ3n) is 10.2. The van der Waals surface area contributed by atoms with Crippen LogP contribution in [0.3, 0.4) is 0 Å². The zero-order chi connectivity index (χ0) is 37.8. The molecule has 2 saturated heterocycles. The van der Waals surface area contributed by atoms with Gasteiger partial charge in [-0.05, 0) is 67.1 Å². The Kier molecular flexibility index (Phi) is 10.8. The Labute approximate surface area is 318 Å². The highest BCUT2D eigenvalue weighted by Crippen LogP contribution is 2.43. The van der Waals surface area contributed by atoms with E-state index in [0.717, 1.165) is 24.2 Å². The number of aromatic nitrogens is 2. The smallest absolute Gasteiger partial charge is 0.253 e. The van der Waals surface area contributed by atoms with E-state index in [0.29, 0.717) is 73.4 Å². The van der Waals surface area contributed by atoms with Crippen molar-refractivity contribution in [3.8, 4) is 5.75 Å². The second-order valence-electron chi connectivity index (χ2n) is 13.6. The first kappa shape index (κ1) is 36.5. The molecule has 1 aliphatic carbocycles. The quantitative estimate of drug-likeness (QED) is 0.130. The Morgan fingerprint density at radius 3 is 2.43 bits per heavy atom. The lowest BCUT2D eigenvalue weighted by Gasteiger charge is -2.41. The van der Waals surface area contributed by atoms with Crippen molar-refractivity contribution in [2.24, 2.45) is 5.92 Å². The summed E-state index contributed by atoms with van der Waals surface area (Å²) >= 11 is 6.42. The van der Waals surface area contributed by atoms with Gasteiger partial charge in [-0.3, -0.25) is 24.5 Å². The molecule has 4 amide bonds. The van der Waals surface area contributed by atoms with Crippen molar-refractivity contribution in [1.82, 2.24) is 25.5 Å². The zero-order valence-electron chi connectivity index (χ0n) is 30.0. The van der Waals surface area contributed by atoms with Crippen LogP contribution in [0.5, 0.6) is 5.75 Å². The number of nitrogens with zero attached hydrogens (tertiary/aromatic N) is 4. The molecule has 15 heteroatoms. The fourth-order valence-electron chi connectivity index (χ4n) is 7.09. The lowest BCUT2D eigenvalue weighted by molar-refractivity contribution is -0.139. The molecule has 4 aromatic rings. The average Bonchev–Trinajstić information content (AvgIpc) is 3.17. The normalized spacial score (nSPS) is 19.6. The lowest BCUT2D eigenvalue weighted by Crippen LogP contribution is -2.51. The van der Waals surface area contributed by atoms with E-state index in [1.165, 1.54) is 11.8 Å². The van der Waals surface area contributed by atoms with Gasteiger partial charge in [-0.2, -0.15) is 4.98 Å². The predicted molar refractivity (Wildman–Crippen MR) is 207 cm³/mol. The van der Waals surface area contributed by atoms with Crippen LogP contribution in [0.2, 0.25) is 5.02 Å². The highest BCUT2D eigenvalue weighted by molar-refractivity contribution is 6.33. The summed E-state index contributed by atoms with van der Waals surface area (Å²) in [5.74, 6) is 1.02. The van der Waals surface area contributed by atoms with E-state index in [4.69, 9.17) is 16.3 Å². The largest absolute Gasteiger partial charge is 0.494 e. The summed E-state index contributed by atoms with van der Waals surface area (Å²) in [7, 11) is 3.17. The van der Waals surface area contributed by atoms with E-state index in [-0.39, 0.29) is 40.5 Å². The molecule has 5 N–H and O–H groups in total. The summed E-state index contributed by atoms with van der Waals surface area (Å²) in [6.45, 7) is 2.68. The number of nitrogens with one attached hydrogen (secondary N) is 5. The van der Waals surface area contributed by atoms with Crippen LogP contribution >= 0.6 is 11.6 Å². The van der Waals surface area contributed by atoms with Crippen LogP contribution in [0, 0.1) is 5.92 Å². The van der Waals surface area contributed by atoms with Crippen molar-refractivity contribution < 1.29 is 23.9 Å². The van der Waals surface area contributed by atoms with Gasteiger partial charge in [-0.15, -0.1) is 0 Å². The van der Waals surface area contributed by atoms with Crippen LogP contribution in [0.15, 0.2) is 72.9 Å². The van der Waals surface area contributed by atoms with Gasteiger partial charge in [0.15, 0.2) is 5.82 Å². The minimum Gasteiger partial charge on any atom is -0.494 e. The van der Waals surface area contributed by atoms with Gasteiger partial charge in [0.05, 0.1) is 30.2 Å². The van der Waals surface area contributed by atoms with Crippen LogP contribution in [-0.4, -0.2) is 84.9 Å². The van der Waals surface area contributed by atoms with Crippen molar-refractivity contribution in [3.05, 3.63) is 89.1 Å². The molecule has 1 aromatic heterocycles. The maximum atomic E-state index is 13.4. The fourth-order valence-corrected chi connectivity index (χ4v) is 7.22. The summed E-state index contributed by atoms with van der Waals surface area (Å²) in [6.07, 6.45) is 3.94. The summed E-state index contributed by atoms with van der Waals surface area (Å²) in [4.78, 5) is 62.4. The first-order valence-electron chi connectivity index (χ1n) is 18.0. The van der Waals surface area contributed by atoms with E-state index in [9.17, 15) is 19.2 Å². The molecule has 1 unspecified atom stereocenters. The lowest BCUT2D eigenvalue weighted by atomic mass is 9.70. The van der Waals surface area contributed by atoms with Crippen LogP contribution in [0.25, 0.3) is 0 Å². The summed E-state index contributed by atoms with van der Waals surface area (Å²) in [5.41, 5.74) is 4.66. The predicted octanol–water partition coefficient (Wildman–Crippen LogP) is 5.04. The second kappa shape index (κ2) is 16.0. The summed E-state index contributed by atoms with van der Waals surface area (Å²) < 4.78 is 5.73. The second-order valence-corrected chi connectivity index (χ2v) is 14.0. The van der Waals surface area contributed by atoms with E-state index in [1.54, 1.807) is 32.4 Å². The van der Waals surface area contributed by atoms with Gasteiger partial charge in [0.25, 0.3) is 5.91 Å². The van der Waals surface area contributed by atoms with Crippen LogP contribution in [-0.2, 0) is 14.4 Å². The Morgan fingerprint density at radius 1 is 0.944 bits per heavy atom. The number of methoxy groups -OCH3 is 1. The van der Waals surface area contributed by atoms with Gasteiger partial charge in [0, 0.05) is 63.0 Å². The Hall–Kier alpha value is -5.89. The topological polar surface area (TPSA) is 170 Å². The number of amides is 4. The molecule has 14 nitrogen and oxygen atoms in total. The minimum atomic E-state index is -0.417. The molecule has 54 heavy (non-hydrogen) atoms. The fraction of sp³-hybridized carbons (Fsp3) is 0.333. The Balaban J connectivity index is 0.907. The average molecular weight is 752 g/mol. The third kappa shape index (κ3) is 8.03. The minimum absolute atomic E-state index is 0.0182. The Bertz CT molecular complexity index is 2050. The molecular weight excluding hydrogens is 710 g/mol. The van der Waals surface area contributed by atoms with Crippen molar-refractivity contribution in [1.29, 1.82) is 0 Å². The molecule has 280 valence electrons. The summed E-state index contributed by atoms with van der Waals surface area (Å²) in [5, 5.41) is 14.9. The molecule has 0 spiro atoms. The first-order chi connectivity index (χ1) is 26.2. The molecule has 1 saturated carbocycles. The number of hydrogen-bond acceptors (Lipinski definition) is 11. The molecule has 7 rings (SSSR count). The SMILES string of the molecule is CNC(=O)c1ccccc1Nc1nc(Nc2ccc(N3CCN(C(=O)C4CC(c5ccc(NC6CCC(=O)NC6=O)cc5)C4)CC3)cc2OC)ncc1Cl.